The quantitative estimate of drug-likeness (QED) is 0.366. The van der Waals surface area contributed by atoms with E-state index in [1.807, 2.05) is 0 Å². The number of quaternary nitrogens is 1. The molecule has 106 valence electrons. The first-order chi connectivity index (χ1) is 7.69. The third-order valence-electron chi connectivity index (χ3n) is 1.44. The number of benzene rings is 1. The molecule has 0 radical (unpaired) electrons. The molecule has 0 unspecified atom stereocenters. The van der Waals surface area contributed by atoms with Gasteiger partial charge in [-0.15, -0.1) is 0 Å². The Morgan fingerprint density at radius 3 is 1.61 bits per heavy atom. The molecule has 0 fully saturated rings. The van der Waals surface area contributed by atoms with Crippen molar-refractivity contribution in [3.8, 4) is 0 Å². The standard InChI is InChI=1S/C7H8N2O2.6FH.Sb/c8-5-6-1-3-7(4-2-6)9(10)11;;;;;;;/h1-4H,5,8H2;6*1H;/q;;;;;;;+5/p-5. The van der Waals surface area contributed by atoms with E-state index in [1.54, 1.807) is 12.1 Å². The van der Waals surface area contributed by atoms with Crippen LogP contribution in [0.3, 0.4) is 0 Å². The molecule has 0 amide bonds. The van der Waals surface area contributed by atoms with Crippen LogP contribution in [0.15, 0.2) is 24.3 Å². The van der Waals surface area contributed by atoms with Crippen LogP contribution in [0, 0.1) is 10.1 Å². The van der Waals surface area contributed by atoms with Gasteiger partial charge >= 0.3 is 36.4 Å². The second kappa shape index (κ2) is 4.58. The average molecular weight is 389 g/mol. The van der Waals surface area contributed by atoms with Gasteiger partial charge in [0.2, 0.25) is 0 Å². The summed E-state index contributed by atoms with van der Waals surface area (Å²) in [6, 6.07) is 6.40. The van der Waals surface area contributed by atoms with Gasteiger partial charge in [-0.05, 0) is 12.1 Å². The first-order valence-electron chi connectivity index (χ1n) is 4.28. The van der Waals surface area contributed by atoms with E-state index in [2.05, 4.69) is 5.73 Å². The predicted molar refractivity (Wildman–Crippen MR) is 52.1 cm³/mol. The van der Waals surface area contributed by atoms with Crippen molar-refractivity contribution in [1.82, 2.24) is 0 Å². The monoisotopic (exact) mass is 388 g/mol. The Kier molecular flexibility index (Phi) is 4.32. The third kappa shape index (κ3) is 13.0. The van der Waals surface area contributed by atoms with Crippen LogP contribution >= 0.6 is 0 Å². The van der Waals surface area contributed by atoms with Crippen LogP contribution < -0.4 is 5.73 Å². The van der Waals surface area contributed by atoms with Gasteiger partial charge in [0.15, 0.2) is 0 Å². The van der Waals surface area contributed by atoms with Crippen LogP contribution in [0.25, 0.3) is 0 Å². The van der Waals surface area contributed by atoms with E-state index < -0.39 is 24.4 Å². The molecule has 0 heterocycles. The van der Waals surface area contributed by atoms with Gasteiger partial charge < -0.3 is 5.73 Å². The fourth-order valence-corrected chi connectivity index (χ4v) is 0.784. The smallest absolute Gasteiger partial charge is 0.269 e. The van der Waals surface area contributed by atoms with Crippen molar-refractivity contribution in [2.24, 2.45) is 0 Å². The maximum atomic E-state index is 10.2. The third-order valence-corrected chi connectivity index (χ3v) is 1.44. The minimum absolute atomic E-state index is 0.127. The molecule has 4 nitrogen and oxygen atoms in total. The molecule has 11 heteroatoms. The molecule has 0 aromatic heterocycles. The maximum Gasteiger partial charge on any atom is 0.269 e. The second-order valence-electron chi connectivity index (χ2n) is 3.13. The van der Waals surface area contributed by atoms with Crippen molar-refractivity contribution < 1.29 is 27.5 Å². The minimum atomic E-state index is -11.2. The Hall–Kier alpha value is -1.02. The molecule has 0 bridgehead atoms. The van der Waals surface area contributed by atoms with Crippen LogP contribution in [0.1, 0.15) is 5.56 Å². The summed E-state index contributed by atoms with van der Waals surface area (Å²) < 4.78 is 59.6. The summed E-state index contributed by atoms with van der Waals surface area (Å²) in [4.78, 5) is 9.78. The molecular formula is C7H9F6N2O2Sb. The molecule has 1 rings (SSSR count). The molecular weight excluding hydrogens is 380 g/mol. The van der Waals surface area contributed by atoms with Crippen molar-refractivity contribution >= 4 is 25.2 Å². The summed E-state index contributed by atoms with van der Waals surface area (Å²) in [6.45, 7) is 0.665. The zero-order valence-electron chi connectivity index (χ0n) is 8.70. The summed E-state index contributed by atoms with van der Waals surface area (Å²) in [5.41, 5.74) is 4.80. The van der Waals surface area contributed by atoms with E-state index in [9.17, 15) is 27.0 Å². The Labute approximate surface area is 99.4 Å². The van der Waals surface area contributed by atoms with Gasteiger partial charge in [-0.2, -0.15) is 0 Å². The van der Waals surface area contributed by atoms with Gasteiger partial charge in [0.25, 0.3) is 5.69 Å². The topological polar surface area (TPSA) is 70.8 Å². The first kappa shape index (κ1) is 17.0. The molecule has 1 aromatic carbocycles. The van der Waals surface area contributed by atoms with Gasteiger partial charge in [0.1, 0.15) is 0 Å². The molecule has 1 aromatic rings. The normalized spacial score (nSPS) is 14.8. The van der Waals surface area contributed by atoms with Crippen molar-refractivity contribution in [1.29, 1.82) is 0 Å². The van der Waals surface area contributed by atoms with Crippen LogP contribution in [-0.2, 0) is 6.54 Å². The summed E-state index contributed by atoms with van der Waals surface area (Å²) in [5, 5.41) is 10.2. The number of hydrogen-bond acceptors (Lipinski definition) is 2. The number of hydrogen-bond donors (Lipinski definition) is 1. The number of nitro benzene ring substituents is 1. The molecule has 3 N–H and O–H groups in total. The Balaban J connectivity index is 0.000000360. The van der Waals surface area contributed by atoms with Crippen LogP contribution in [0.4, 0.5) is 22.6 Å². The maximum absolute atomic E-state index is 11.2. The molecule has 0 aliphatic carbocycles. The van der Waals surface area contributed by atoms with Crippen molar-refractivity contribution in [3.05, 3.63) is 39.9 Å². The van der Waals surface area contributed by atoms with Gasteiger partial charge in [-0.25, -0.2) is 0 Å². The van der Waals surface area contributed by atoms with Crippen LogP contribution in [0.5, 0.6) is 0 Å². The molecule has 0 aliphatic rings. The zero-order valence-corrected chi connectivity index (χ0v) is 11.3. The number of halogens is 6. The average Bonchev–Trinajstić information content (AvgIpc) is 2.13. The van der Waals surface area contributed by atoms with Crippen LogP contribution in [-0.4, -0.2) is 24.4 Å². The van der Waals surface area contributed by atoms with Gasteiger partial charge in [-0.1, -0.05) is 0 Å². The first-order valence-corrected chi connectivity index (χ1v) is 10.1. The van der Waals surface area contributed by atoms with E-state index in [0.29, 0.717) is 6.54 Å². The van der Waals surface area contributed by atoms with Gasteiger partial charge in [-0.3, -0.25) is 10.1 Å². The number of nitro groups is 1. The largest absolute Gasteiger partial charge is 0.354 e. The molecule has 0 atom stereocenters. The molecule has 0 saturated carbocycles. The summed E-state index contributed by atoms with van der Waals surface area (Å²) in [7, 11) is 0. The summed E-state index contributed by atoms with van der Waals surface area (Å²) in [5.74, 6) is 0. The minimum Gasteiger partial charge on any atom is -0.354 e. The number of rotatable bonds is 2. The predicted octanol–water partition coefficient (Wildman–Crippen LogP) is 2.48. The van der Waals surface area contributed by atoms with Crippen molar-refractivity contribution in [3.63, 3.8) is 0 Å². The van der Waals surface area contributed by atoms with Gasteiger partial charge in [0, 0.05) is 17.7 Å². The van der Waals surface area contributed by atoms with E-state index in [-0.39, 0.29) is 5.69 Å². The van der Waals surface area contributed by atoms with Crippen molar-refractivity contribution in [2.45, 2.75) is 6.54 Å². The van der Waals surface area contributed by atoms with E-state index in [0.717, 1.165) is 5.56 Å². The van der Waals surface area contributed by atoms with Crippen LogP contribution in [0.2, 0.25) is 0 Å². The second-order valence-corrected chi connectivity index (χ2v) is 8.60. The summed E-state index contributed by atoms with van der Waals surface area (Å²) >= 11 is -11.2. The Bertz CT molecular complexity index is 417. The molecule has 0 spiro atoms. The van der Waals surface area contributed by atoms with E-state index in [1.165, 1.54) is 12.1 Å². The Morgan fingerprint density at radius 1 is 1.06 bits per heavy atom. The summed E-state index contributed by atoms with van der Waals surface area (Å²) in [6.07, 6.45) is 0. The fraction of sp³-hybridized carbons (Fsp3) is 0.143. The molecule has 0 aliphatic heterocycles. The fourth-order valence-electron chi connectivity index (χ4n) is 0.784. The molecule has 18 heavy (non-hydrogen) atoms. The number of non-ortho nitro benzene ring substituents is 1. The van der Waals surface area contributed by atoms with E-state index in [4.69, 9.17) is 0 Å². The van der Waals surface area contributed by atoms with Crippen molar-refractivity contribution in [2.75, 3.05) is 0 Å². The molecule has 0 saturated heterocycles. The Morgan fingerprint density at radius 2 is 1.39 bits per heavy atom. The van der Waals surface area contributed by atoms with E-state index >= 15 is 0 Å². The zero-order chi connectivity index (χ0) is 14.7. The number of nitrogens with zero attached hydrogens (tertiary/aromatic N) is 1. The van der Waals surface area contributed by atoms with Gasteiger partial charge in [0.05, 0.1) is 11.5 Å². The SMILES string of the molecule is [F][Sb-]([F])([F])([F])([F])[F].[NH3+]Cc1ccc([N+](=O)[O-])cc1.